The van der Waals surface area contributed by atoms with Crippen molar-refractivity contribution in [1.29, 1.82) is 0 Å². The maximum atomic E-state index is 12.2. The Morgan fingerprint density at radius 3 is 2.00 bits per heavy atom. The third kappa shape index (κ3) is 4.26. The van der Waals surface area contributed by atoms with Crippen molar-refractivity contribution in [3.63, 3.8) is 0 Å². The van der Waals surface area contributed by atoms with Crippen LogP contribution in [0.25, 0.3) is 0 Å². The average Bonchev–Trinajstić information content (AvgIpc) is 1.83. The molecule has 0 bridgehead atoms. The van der Waals surface area contributed by atoms with Crippen LogP contribution in [0.4, 0.5) is 8.39 Å². The molecule has 0 heterocycles. The van der Waals surface area contributed by atoms with Gasteiger partial charge in [-0.3, -0.25) is 0 Å². The summed E-state index contributed by atoms with van der Waals surface area (Å²) in [5.41, 5.74) is 0. The van der Waals surface area contributed by atoms with E-state index in [4.69, 9.17) is 9.79 Å². The van der Waals surface area contributed by atoms with Crippen molar-refractivity contribution in [2.45, 2.75) is 38.2 Å². The van der Waals surface area contributed by atoms with E-state index in [0.29, 0.717) is 12.8 Å². The Balaban J connectivity index is 2.40. The standard InChI is InChI=1S/C6H13F2O3P/c7-12(8,9,10)11-6-4-2-1-3-5-6/h6,9-10H,1-5H2. The summed E-state index contributed by atoms with van der Waals surface area (Å²) < 4.78 is 28.4. The van der Waals surface area contributed by atoms with Crippen LogP contribution in [0, 0.1) is 0 Å². The third-order valence-electron chi connectivity index (χ3n) is 1.88. The van der Waals surface area contributed by atoms with Gasteiger partial charge >= 0.3 is 68.8 Å². The number of hydrogen-bond acceptors (Lipinski definition) is 3. The van der Waals surface area contributed by atoms with E-state index in [-0.39, 0.29) is 0 Å². The fourth-order valence-corrected chi connectivity index (χ4v) is 2.12. The molecular weight excluding hydrogens is 189 g/mol. The van der Waals surface area contributed by atoms with E-state index in [2.05, 4.69) is 4.52 Å². The first-order valence-corrected chi connectivity index (χ1v) is 5.81. The van der Waals surface area contributed by atoms with Crippen LogP contribution in [0.15, 0.2) is 0 Å². The third-order valence-corrected chi connectivity index (χ3v) is 2.52. The monoisotopic (exact) mass is 202 g/mol. The van der Waals surface area contributed by atoms with Crippen LogP contribution in [-0.4, -0.2) is 15.9 Å². The Kier molecular flexibility index (Phi) is 2.69. The van der Waals surface area contributed by atoms with Crippen LogP contribution in [0.2, 0.25) is 0 Å². The van der Waals surface area contributed by atoms with Gasteiger partial charge in [0.2, 0.25) is 0 Å². The summed E-state index contributed by atoms with van der Waals surface area (Å²) in [6.45, 7) is 0. The topological polar surface area (TPSA) is 49.7 Å². The Labute approximate surface area is 69.8 Å². The molecule has 6 heteroatoms. The van der Waals surface area contributed by atoms with Gasteiger partial charge in [0.05, 0.1) is 0 Å². The van der Waals surface area contributed by atoms with Gasteiger partial charge in [0.1, 0.15) is 0 Å². The van der Waals surface area contributed by atoms with Crippen LogP contribution < -0.4 is 0 Å². The predicted molar refractivity (Wildman–Crippen MR) is 41.5 cm³/mol. The molecule has 1 saturated carbocycles. The van der Waals surface area contributed by atoms with Gasteiger partial charge in [0.15, 0.2) is 0 Å². The SMILES string of the molecule is OP(O)(F)(F)OC1CCCCC1. The van der Waals surface area contributed by atoms with E-state index >= 15 is 0 Å². The molecule has 0 radical (unpaired) electrons. The molecule has 0 aromatic rings. The van der Waals surface area contributed by atoms with Crippen LogP contribution in [0.1, 0.15) is 32.1 Å². The van der Waals surface area contributed by atoms with Gasteiger partial charge in [-0.15, -0.1) is 0 Å². The summed E-state index contributed by atoms with van der Waals surface area (Å²) >= 11 is 0. The fraction of sp³-hybridized carbons (Fsp3) is 1.00. The van der Waals surface area contributed by atoms with Crippen molar-refractivity contribution in [3.05, 3.63) is 0 Å². The molecule has 0 aromatic heterocycles. The molecule has 12 heavy (non-hydrogen) atoms. The molecule has 0 amide bonds. The van der Waals surface area contributed by atoms with E-state index in [0.717, 1.165) is 19.3 Å². The van der Waals surface area contributed by atoms with E-state index in [1.165, 1.54) is 0 Å². The first-order chi connectivity index (χ1) is 5.33. The second-order valence-electron chi connectivity index (χ2n) is 3.12. The van der Waals surface area contributed by atoms with E-state index in [1.807, 2.05) is 0 Å². The summed E-state index contributed by atoms with van der Waals surface area (Å²) in [4.78, 5) is 16.3. The normalized spacial score (nSPS) is 24.8. The molecule has 0 aliphatic heterocycles. The van der Waals surface area contributed by atoms with Crippen molar-refractivity contribution in [3.8, 4) is 0 Å². The molecule has 2 N–H and O–H groups in total. The first kappa shape index (κ1) is 10.3. The van der Waals surface area contributed by atoms with Crippen molar-refractivity contribution in [1.82, 2.24) is 0 Å². The average molecular weight is 202 g/mol. The predicted octanol–water partition coefficient (Wildman–Crippen LogP) is 2.39. The molecule has 1 fully saturated rings. The van der Waals surface area contributed by atoms with Crippen molar-refractivity contribution < 1.29 is 22.7 Å². The summed E-state index contributed by atoms with van der Waals surface area (Å²) in [6, 6.07) is 0. The first-order valence-electron chi connectivity index (χ1n) is 3.97. The molecular formula is C6H13F2O3P. The van der Waals surface area contributed by atoms with Gasteiger partial charge in [-0.2, -0.15) is 0 Å². The summed E-state index contributed by atoms with van der Waals surface area (Å²) in [7, 11) is -6.70. The zero-order chi connectivity index (χ0) is 9.27. The number of halogens is 2. The minimum atomic E-state index is -6.70. The molecule has 0 unspecified atom stereocenters. The zero-order valence-corrected chi connectivity index (χ0v) is 7.51. The minimum absolute atomic E-state index is 0.493. The maximum absolute atomic E-state index is 12.2. The van der Waals surface area contributed by atoms with Gasteiger partial charge in [-0.1, -0.05) is 0 Å². The van der Waals surface area contributed by atoms with Gasteiger partial charge in [-0.25, -0.2) is 0 Å². The molecule has 1 aliphatic rings. The van der Waals surface area contributed by atoms with Crippen molar-refractivity contribution in [2.75, 3.05) is 0 Å². The van der Waals surface area contributed by atoms with E-state index in [9.17, 15) is 8.39 Å². The van der Waals surface area contributed by atoms with Crippen molar-refractivity contribution in [2.24, 2.45) is 0 Å². The Morgan fingerprint density at radius 2 is 1.58 bits per heavy atom. The van der Waals surface area contributed by atoms with Gasteiger partial charge < -0.3 is 0 Å². The van der Waals surface area contributed by atoms with Gasteiger partial charge in [-0.05, 0) is 0 Å². The van der Waals surface area contributed by atoms with Crippen LogP contribution in [0.3, 0.4) is 0 Å². The van der Waals surface area contributed by atoms with Gasteiger partial charge in [0, 0.05) is 0 Å². The molecule has 1 aliphatic carbocycles. The van der Waals surface area contributed by atoms with E-state index < -0.39 is 14.0 Å². The Bertz CT molecular complexity index is 153. The van der Waals surface area contributed by atoms with Crippen molar-refractivity contribution >= 4 is 7.91 Å². The number of rotatable bonds is 2. The fourth-order valence-electron chi connectivity index (χ4n) is 1.42. The molecule has 0 aromatic carbocycles. The molecule has 0 saturated heterocycles. The molecule has 74 valence electrons. The quantitative estimate of drug-likeness (QED) is 0.676. The molecule has 0 atom stereocenters. The van der Waals surface area contributed by atoms with Gasteiger partial charge in [0.25, 0.3) is 0 Å². The Morgan fingerprint density at radius 1 is 1.08 bits per heavy atom. The van der Waals surface area contributed by atoms with Crippen LogP contribution in [0.5, 0.6) is 0 Å². The van der Waals surface area contributed by atoms with Crippen LogP contribution >= 0.6 is 7.91 Å². The second-order valence-corrected chi connectivity index (χ2v) is 4.85. The van der Waals surface area contributed by atoms with E-state index in [1.54, 1.807) is 0 Å². The zero-order valence-electron chi connectivity index (χ0n) is 6.62. The molecule has 1 rings (SSSR count). The Hall–Kier alpha value is 0.170. The second kappa shape index (κ2) is 3.14. The molecule has 0 spiro atoms. The summed E-state index contributed by atoms with van der Waals surface area (Å²) in [5.74, 6) is 0. The summed E-state index contributed by atoms with van der Waals surface area (Å²) in [5, 5.41) is 0. The summed E-state index contributed by atoms with van der Waals surface area (Å²) in [6.07, 6.45) is 2.95. The molecule has 3 nitrogen and oxygen atoms in total. The van der Waals surface area contributed by atoms with Crippen LogP contribution in [-0.2, 0) is 4.52 Å². The number of hydrogen-bond donors (Lipinski definition) is 2.